The molecule has 2 heterocycles. The molecule has 0 unspecified atom stereocenters. The van der Waals surface area contributed by atoms with Crippen molar-refractivity contribution < 1.29 is 9.59 Å². The summed E-state index contributed by atoms with van der Waals surface area (Å²) in [6, 6.07) is 8.93. The second kappa shape index (κ2) is 8.35. The van der Waals surface area contributed by atoms with Crippen LogP contribution < -0.4 is 4.90 Å². The Morgan fingerprint density at radius 3 is 2.54 bits per heavy atom. The van der Waals surface area contributed by atoms with Gasteiger partial charge < -0.3 is 4.90 Å². The molecule has 1 aromatic carbocycles. The number of aromatic nitrogens is 3. The predicted octanol–water partition coefficient (Wildman–Crippen LogP) is 3.93. The number of halogens is 1. The molecule has 1 amide bonds. The molecule has 0 radical (unpaired) electrons. The summed E-state index contributed by atoms with van der Waals surface area (Å²) >= 11 is 6.41. The molecule has 28 heavy (non-hydrogen) atoms. The van der Waals surface area contributed by atoms with Gasteiger partial charge in [0.15, 0.2) is 5.78 Å². The van der Waals surface area contributed by atoms with E-state index in [0.717, 1.165) is 16.8 Å². The molecule has 3 aromatic rings. The van der Waals surface area contributed by atoms with Crippen LogP contribution >= 0.6 is 11.6 Å². The molecule has 0 atom stereocenters. The molecule has 0 saturated carbocycles. The highest BCUT2D eigenvalue weighted by Gasteiger charge is 2.13. The van der Waals surface area contributed by atoms with Gasteiger partial charge in [-0.2, -0.15) is 5.10 Å². The number of carbonyl (C=O) groups excluding carboxylic acids is 2. The minimum Gasteiger partial charge on any atom is -0.315 e. The lowest BCUT2D eigenvalue weighted by atomic mass is 10.1. The number of hydrogen-bond donors (Lipinski definition) is 0. The van der Waals surface area contributed by atoms with Crippen LogP contribution in [0.3, 0.4) is 0 Å². The van der Waals surface area contributed by atoms with Gasteiger partial charge in [-0.05, 0) is 35.9 Å². The molecule has 144 valence electrons. The number of Topliss-reactive ketones (excluding diaryl/α,β-unsaturated/α-hetero) is 1. The van der Waals surface area contributed by atoms with Gasteiger partial charge in [-0.3, -0.25) is 19.3 Å². The molecule has 0 spiro atoms. The molecule has 0 bridgehead atoms. The first-order chi connectivity index (χ1) is 13.4. The molecule has 6 nitrogen and oxygen atoms in total. The third-order valence-corrected chi connectivity index (χ3v) is 4.81. The molecular weight excluding hydrogens is 376 g/mol. The van der Waals surface area contributed by atoms with Gasteiger partial charge in [0.05, 0.1) is 16.9 Å². The Balaban J connectivity index is 1.77. The second-order valence-electron chi connectivity index (χ2n) is 6.52. The van der Waals surface area contributed by atoms with Gasteiger partial charge in [0, 0.05) is 56.1 Å². The zero-order valence-electron chi connectivity index (χ0n) is 16.0. The quantitative estimate of drug-likeness (QED) is 0.592. The van der Waals surface area contributed by atoms with Crippen LogP contribution in [-0.2, 0) is 18.3 Å². The first-order valence-corrected chi connectivity index (χ1v) is 9.30. The number of rotatable bonds is 6. The fourth-order valence-electron chi connectivity index (χ4n) is 2.87. The van der Waals surface area contributed by atoms with Crippen LogP contribution in [0.5, 0.6) is 0 Å². The van der Waals surface area contributed by atoms with Crippen molar-refractivity contribution in [2.24, 2.45) is 7.05 Å². The van der Waals surface area contributed by atoms with Crippen molar-refractivity contribution in [2.75, 3.05) is 11.9 Å². The maximum Gasteiger partial charge on any atom is 0.226 e. The van der Waals surface area contributed by atoms with E-state index in [2.05, 4.69) is 10.1 Å². The molecular formula is C21H21ClN4O2. The van der Waals surface area contributed by atoms with Crippen LogP contribution in [0.1, 0.15) is 29.3 Å². The van der Waals surface area contributed by atoms with Gasteiger partial charge in [0.2, 0.25) is 5.91 Å². The molecule has 0 aliphatic heterocycles. The number of aryl methyl sites for hydroxylation is 1. The van der Waals surface area contributed by atoms with E-state index in [4.69, 9.17) is 11.6 Å². The highest BCUT2D eigenvalue weighted by molar-refractivity contribution is 6.33. The zero-order valence-corrected chi connectivity index (χ0v) is 16.8. The first-order valence-electron chi connectivity index (χ1n) is 8.92. The SMILES string of the molecule is CCC(=O)N(C)c1ccc(-c2ccc(C(=O)Cc3cnn(C)c3)cn2)c(Cl)c1. The topological polar surface area (TPSA) is 68.1 Å². The average molecular weight is 397 g/mol. The normalized spacial score (nSPS) is 10.7. The Bertz CT molecular complexity index is 1010. The number of carbonyl (C=O) groups is 2. The summed E-state index contributed by atoms with van der Waals surface area (Å²) in [5.74, 6) is -0.00776. The highest BCUT2D eigenvalue weighted by Crippen LogP contribution is 2.30. The number of ketones is 1. The van der Waals surface area contributed by atoms with Gasteiger partial charge in [0.1, 0.15) is 0 Å². The van der Waals surface area contributed by atoms with Crippen molar-refractivity contribution in [1.29, 1.82) is 0 Å². The summed E-state index contributed by atoms with van der Waals surface area (Å²) in [7, 11) is 3.54. The number of nitrogens with zero attached hydrogens (tertiary/aromatic N) is 4. The van der Waals surface area contributed by atoms with Gasteiger partial charge in [-0.1, -0.05) is 18.5 Å². The van der Waals surface area contributed by atoms with Crippen LogP contribution in [0.2, 0.25) is 5.02 Å². The van der Waals surface area contributed by atoms with Gasteiger partial charge >= 0.3 is 0 Å². The highest BCUT2D eigenvalue weighted by atomic mass is 35.5. The van der Waals surface area contributed by atoms with Gasteiger partial charge in [-0.15, -0.1) is 0 Å². The van der Waals surface area contributed by atoms with E-state index in [0.29, 0.717) is 22.7 Å². The van der Waals surface area contributed by atoms with Crippen molar-refractivity contribution in [2.45, 2.75) is 19.8 Å². The Morgan fingerprint density at radius 1 is 1.18 bits per heavy atom. The molecule has 0 aliphatic rings. The Kier molecular flexibility index (Phi) is 5.90. The van der Waals surface area contributed by atoms with Crippen molar-refractivity contribution in [3.05, 3.63) is 65.1 Å². The largest absolute Gasteiger partial charge is 0.315 e. The predicted molar refractivity (Wildman–Crippen MR) is 110 cm³/mol. The minimum atomic E-state index is -0.0202. The van der Waals surface area contributed by atoms with Crippen LogP contribution in [-0.4, -0.2) is 33.5 Å². The van der Waals surface area contributed by atoms with E-state index in [-0.39, 0.29) is 18.1 Å². The average Bonchev–Trinajstić information content (AvgIpc) is 3.11. The Labute approximate surface area is 168 Å². The maximum atomic E-state index is 12.4. The fraction of sp³-hybridized carbons (Fsp3) is 0.238. The zero-order chi connectivity index (χ0) is 20.3. The lowest BCUT2D eigenvalue weighted by molar-refractivity contribution is -0.118. The summed E-state index contributed by atoms with van der Waals surface area (Å²) in [5.41, 5.74) is 3.53. The fourth-order valence-corrected chi connectivity index (χ4v) is 3.14. The van der Waals surface area contributed by atoms with E-state index in [9.17, 15) is 9.59 Å². The van der Waals surface area contributed by atoms with E-state index in [1.807, 2.05) is 32.3 Å². The summed E-state index contributed by atoms with van der Waals surface area (Å²) < 4.78 is 1.67. The van der Waals surface area contributed by atoms with Crippen LogP contribution in [0.4, 0.5) is 5.69 Å². The minimum absolute atomic E-state index is 0.0124. The molecule has 7 heteroatoms. The number of anilines is 1. The van der Waals surface area contributed by atoms with Crippen molar-refractivity contribution in [3.8, 4) is 11.3 Å². The van der Waals surface area contributed by atoms with E-state index < -0.39 is 0 Å². The molecule has 0 N–H and O–H groups in total. The summed E-state index contributed by atoms with van der Waals surface area (Å²) in [6.45, 7) is 1.82. The molecule has 3 rings (SSSR count). The van der Waals surface area contributed by atoms with Crippen LogP contribution in [0.15, 0.2) is 48.9 Å². The number of pyridine rings is 1. The van der Waals surface area contributed by atoms with Crippen LogP contribution in [0.25, 0.3) is 11.3 Å². The molecule has 0 saturated heterocycles. The van der Waals surface area contributed by atoms with Crippen LogP contribution in [0, 0.1) is 0 Å². The molecule has 0 fully saturated rings. The lowest BCUT2D eigenvalue weighted by Gasteiger charge is -2.17. The smallest absolute Gasteiger partial charge is 0.226 e. The van der Waals surface area contributed by atoms with Crippen molar-refractivity contribution >= 4 is 29.0 Å². The maximum absolute atomic E-state index is 12.4. The van der Waals surface area contributed by atoms with E-state index in [1.165, 1.54) is 0 Å². The number of hydrogen-bond acceptors (Lipinski definition) is 4. The summed E-state index contributed by atoms with van der Waals surface area (Å²) in [6.07, 6.45) is 5.77. The third kappa shape index (κ3) is 4.28. The lowest BCUT2D eigenvalue weighted by Crippen LogP contribution is -2.24. The first kappa shape index (κ1) is 19.8. The summed E-state index contributed by atoms with van der Waals surface area (Å²) in [4.78, 5) is 30.2. The monoisotopic (exact) mass is 396 g/mol. The third-order valence-electron chi connectivity index (χ3n) is 4.50. The molecule has 0 aliphatic carbocycles. The number of amides is 1. The second-order valence-corrected chi connectivity index (χ2v) is 6.93. The summed E-state index contributed by atoms with van der Waals surface area (Å²) in [5, 5.41) is 4.57. The van der Waals surface area contributed by atoms with Gasteiger partial charge in [0.25, 0.3) is 0 Å². The Hall–Kier alpha value is -2.99. The Morgan fingerprint density at radius 2 is 1.96 bits per heavy atom. The van der Waals surface area contributed by atoms with Crippen molar-refractivity contribution in [1.82, 2.24) is 14.8 Å². The molecule has 2 aromatic heterocycles. The van der Waals surface area contributed by atoms with Gasteiger partial charge in [-0.25, -0.2) is 0 Å². The standard InChI is InChI=1S/C21H21ClN4O2/c1-4-21(28)26(3)16-6-7-17(18(22)10-16)19-8-5-15(12-23-19)20(27)9-14-11-24-25(2)13-14/h5-8,10-13H,4,9H2,1-3H3. The van der Waals surface area contributed by atoms with Crippen molar-refractivity contribution in [3.63, 3.8) is 0 Å². The number of benzene rings is 1. The van der Waals surface area contributed by atoms with E-state index >= 15 is 0 Å². The van der Waals surface area contributed by atoms with E-state index in [1.54, 1.807) is 47.2 Å².